The Morgan fingerprint density at radius 3 is 2.00 bits per heavy atom. The maximum Gasteiger partial charge on any atom is 0.221 e. The van der Waals surface area contributed by atoms with E-state index in [1.807, 2.05) is 6.07 Å². The number of Topliss-reactive ketones (excluding diaryl/α,β-unsaturated/α-hetero) is 1. The van der Waals surface area contributed by atoms with Crippen molar-refractivity contribution in [1.29, 1.82) is 0 Å². The van der Waals surface area contributed by atoms with Gasteiger partial charge in [0.05, 0.1) is 0 Å². The summed E-state index contributed by atoms with van der Waals surface area (Å²) in [6.45, 7) is 0. The van der Waals surface area contributed by atoms with Crippen molar-refractivity contribution >= 4 is 11.9 Å². The molecule has 2 aromatic carbocycles. The lowest BCUT2D eigenvalue weighted by Crippen LogP contribution is -1.98. The van der Waals surface area contributed by atoms with Crippen LogP contribution in [0.2, 0.25) is 0 Å². The molecule has 2 aromatic rings. The molecule has 0 fully saturated rings. The van der Waals surface area contributed by atoms with Gasteiger partial charge in [-0.3, -0.25) is 4.79 Å². The van der Waals surface area contributed by atoms with Gasteiger partial charge in [-0.15, -0.1) is 0 Å². The van der Waals surface area contributed by atoms with Crippen molar-refractivity contribution in [3.05, 3.63) is 77.6 Å². The molecule has 0 heterocycles. The van der Waals surface area contributed by atoms with Gasteiger partial charge >= 0.3 is 0 Å². The summed E-state index contributed by atoms with van der Waals surface area (Å²) in [4.78, 5) is 11.7. The van der Waals surface area contributed by atoms with Gasteiger partial charge in [-0.25, -0.2) is 4.39 Å². The van der Waals surface area contributed by atoms with E-state index in [9.17, 15) is 9.18 Å². The van der Waals surface area contributed by atoms with E-state index >= 15 is 0 Å². The van der Waals surface area contributed by atoms with E-state index in [0.717, 1.165) is 0 Å². The van der Waals surface area contributed by atoms with Crippen LogP contribution in [0.15, 0.2) is 66.5 Å². The molecule has 0 saturated carbocycles. The smallest absolute Gasteiger partial charge is 0.221 e. The van der Waals surface area contributed by atoms with Crippen molar-refractivity contribution in [2.45, 2.75) is 0 Å². The topological polar surface area (TPSA) is 17.1 Å². The maximum atomic E-state index is 13.7. The summed E-state index contributed by atoms with van der Waals surface area (Å²) in [5, 5.41) is 0. The second-order valence-electron chi connectivity index (χ2n) is 3.60. The van der Waals surface area contributed by atoms with Crippen LogP contribution in [0.5, 0.6) is 0 Å². The Kier molecular flexibility index (Phi) is 3.46. The molecule has 17 heavy (non-hydrogen) atoms. The fourth-order valence-electron chi connectivity index (χ4n) is 1.49. The zero-order chi connectivity index (χ0) is 12.1. The Morgan fingerprint density at radius 1 is 0.882 bits per heavy atom. The van der Waals surface area contributed by atoms with E-state index in [1.54, 1.807) is 54.6 Å². The number of rotatable bonds is 3. The minimum Gasteiger partial charge on any atom is -0.286 e. The molecule has 84 valence electrons. The van der Waals surface area contributed by atoms with E-state index < -0.39 is 11.6 Å². The van der Waals surface area contributed by atoms with Gasteiger partial charge in [-0.1, -0.05) is 60.7 Å². The van der Waals surface area contributed by atoms with Gasteiger partial charge in [-0.2, -0.15) is 0 Å². The number of halogens is 1. The molecule has 0 saturated heterocycles. The first-order valence-electron chi connectivity index (χ1n) is 5.29. The van der Waals surface area contributed by atoms with Gasteiger partial charge in [-0.05, 0) is 11.6 Å². The third-order valence-corrected chi connectivity index (χ3v) is 2.35. The lowest BCUT2D eigenvalue weighted by Gasteiger charge is -1.98. The Hall–Kier alpha value is -2.22. The molecule has 0 aliphatic rings. The van der Waals surface area contributed by atoms with Crippen LogP contribution in [0, 0.1) is 0 Å². The summed E-state index contributed by atoms with van der Waals surface area (Å²) >= 11 is 0. The van der Waals surface area contributed by atoms with Crippen LogP contribution >= 0.6 is 0 Å². The minimum absolute atomic E-state index is 0.359. The second kappa shape index (κ2) is 5.21. The Bertz CT molecular complexity index is 529. The average molecular weight is 226 g/mol. The number of benzene rings is 2. The molecule has 0 N–H and O–H groups in total. The summed E-state index contributed by atoms with van der Waals surface area (Å²) < 4.78 is 13.7. The van der Waals surface area contributed by atoms with Gasteiger partial charge in [0.15, 0.2) is 5.83 Å². The van der Waals surface area contributed by atoms with Crippen molar-refractivity contribution < 1.29 is 9.18 Å². The quantitative estimate of drug-likeness (QED) is 0.573. The highest BCUT2D eigenvalue weighted by molar-refractivity contribution is 6.09. The zero-order valence-electron chi connectivity index (χ0n) is 9.14. The highest BCUT2D eigenvalue weighted by Gasteiger charge is 2.10. The van der Waals surface area contributed by atoms with Gasteiger partial charge in [0, 0.05) is 5.56 Å². The van der Waals surface area contributed by atoms with E-state index in [-0.39, 0.29) is 0 Å². The number of hydrogen-bond acceptors (Lipinski definition) is 1. The first kappa shape index (κ1) is 11.3. The first-order chi connectivity index (χ1) is 8.27. The summed E-state index contributed by atoms with van der Waals surface area (Å²) in [5.41, 5.74) is 1.03. The molecule has 0 aliphatic heterocycles. The minimum atomic E-state index is -0.748. The molecular weight excluding hydrogens is 215 g/mol. The number of carbonyl (C=O) groups excluding carboxylic acids is 1. The van der Waals surface area contributed by atoms with Crippen LogP contribution in [0.25, 0.3) is 6.08 Å². The van der Waals surface area contributed by atoms with Crippen LogP contribution in [-0.4, -0.2) is 5.78 Å². The molecule has 0 aromatic heterocycles. The Balaban J connectivity index is 2.24. The van der Waals surface area contributed by atoms with Gasteiger partial charge < -0.3 is 0 Å². The zero-order valence-corrected chi connectivity index (χ0v) is 9.14. The predicted octanol–water partition coefficient (Wildman–Crippen LogP) is 3.88. The standard InChI is InChI=1S/C15H11FO/c16-14(11-12-7-3-1-4-8-12)15(17)13-9-5-2-6-10-13/h1-11H/b14-11-. The molecule has 0 unspecified atom stereocenters. The molecule has 2 heteroatoms. The molecule has 0 atom stereocenters. The SMILES string of the molecule is O=C(/C(F)=C/c1ccccc1)c1ccccc1. The molecule has 0 amide bonds. The van der Waals surface area contributed by atoms with Crippen LogP contribution in [0.1, 0.15) is 15.9 Å². The third kappa shape index (κ3) is 2.88. The Labute approximate surface area is 99.2 Å². The Morgan fingerprint density at radius 2 is 1.41 bits per heavy atom. The molecule has 1 nitrogen and oxygen atoms in total. The lowest BCUT2D eigenvalue weighted by atomic mass is 10.1. The number of ketones is 1. The van der Waals surface area contributed by atoms with Gasteiger partial charge in [0.1, 0.15) is 0 Å². The molecule has 0 aliphatic carbocycles. The molecule has 0 spiro atoms. The number of carbonyl (C=O) groups is 1. The molecule has 0 bridgehead atoms. The summed E-state index contributed by atoms with van der Waals surface area (Å²) in [7, 11) is 0. The second-order valence-corrected chi connectivity index (χ2v) is 3.60. The maximum absolute atomic E-state index is 13.7. The molecule has 2 rings (SSSR count). The van der Waals surface area contributed by atoms with Crippen molar-refractivity contribution in [3.8, 4) is 0 Å². The summed E-state index contributed by atoms with van der Waals surface area (Å²) in [5.74, 6) is -1.34. The number of allylic oxidation sites excluding steroid dienone is 1. The third-order valence-electron chi connectivity index (χ3n) is 2.35. The normalized spacial score (nSPS) is 11.2. The monoisotopic (exact) mass is 226 g/mol. The average Bonchev–Trinajstić information content (AvgIpc) is 2.40. The molecular formula is C15H11FO. The first-order valence-corrected chi connectivity index (χ1v) is 5.29. The summed E-state index contributed by atoms with van der Waals surface area (Å²) in [6.07, 6.45) is 1.25. The van der Waals surface area contributed by atoms with Crippen molar-refractivity contribution in [3.63, 3.8) is 0 Å². The summed E-state index contributed by atoms with van der Waals surface area (Å²) in [6, 6.07) is 17.3. The van der Waals surface area contributed by atoms with E-state index in [4.69, 9.17) is 0 Å². The van der Waals surface area contributed by atoms with Crippen LogP contribution in [0.3, 0.4) is 0 Å². The fourth-order valence-corrected chi connectivity index (χ4v) is 1.49. The van der Waals surface area contributed by atoms with Crippen molar-refractivity contribution in [1.82, 2.24) is 0 Å². The van der Waals surface area contributed by atoms with Crippen LogP contribution in [-0.2, 0) is 0 Å². The van der Waals surface area contributed by atoms with Gasteiger partial charge in [0.2, 0.25) is 5.78 Å². The van der Waals surface area contributed by atoms with E-state index in [0.29, 0.717) is 11.1 Å². The van der Waals surface area contributed by atoms with Gasteiger partial charge in [0.25, 0.3) is 0 Å². The predicted molar refractivity (Wildman–Crippen MR) is 66.3 cm³/mol. The van der Waals surface area contributed by atoms with Crippen molar-refractivity contribution in [2.75, 3.05) is 0 Å². The lowest BCUT2D eigenvalue weighted by molar-refractivity contribution is 0.101. The highest BCUT2D eigenvalue weighted by Crippen LogP contribution is 2.13. The van der Waals surface area contributed by atoms with E-state index in [1.165, 1.54) is 6.08 Å². The molecule has 0 radical (unpaired) electrons. The largest absolute Gasteiger partial charge is 0.286 e. The highest BCUT2D eigenvalue weighted by atomic mass is 19.1. The van der Waals surface area contributed by atoms with E-state index in [2.05, 4.69) is 0 Å². The van der Waals surface area contributed by atoms with Crippen LogP contribution in [0.4, 0.5) is 4.39 Å². The van der Waals surface area contributed by atoms with Crippen LogP contribution < -0.4 is 0 Å². The fraction of sp³-hybridized carbons (Fsp3) is 0. The van der Waals surface area contributed by atoms with Crippen molar-refractivity contribution in [2.24, 2.45) is 0 Å². The number of hydrogen-bond donors (Lipinski definition) is 0.